The van der Waals surface area contributed by atoms with E-state index in [1.165, 1.54) is 18.5 Å². The van der Waals surface area contributed by atoms with Crippen molar-refractivity contribution < 1.29 is 9.13 Å². The summed E-state index contributed by atoms with van der Waals surface area (Å²) in [4.78, 5) is 8.78. The Morgan fingerprint density at radius 3 is 2.62 bits per heavy atom. The molecule has 0 atom stereocenters. The predicted octanol–water partition coefficient (Wildman–Crippen LogP) is 6.54. The predicted molar refractivity (Wildman–Crippen MR) is 124 cm³/mol. The van der Waals surface area contributed by atoms with Crippen LogP contribution in [0.5, 0.6) is 5.75 Å². The maximum atomic E-state index is 13.3. The molecule has 0 aliphatic heterocycles. The molecule has 0 unspecified atom stereocenters. The van der Waals surface area contributed by atoms with Crippen LogP contribution >= 0.6 is 11.6 Å². The molecular weight excluding hydrogens is 427 g/mol. The van der Waals surface area contributed by atoms with Crippen LogP contribution in [0.15, 0.2) is 91.5 Å². The number of fused-ring (bicyclic) bond motifs is 1. The van der Waals surface area contributed by atoms with Gasteiger partial charge in [0.25, 0.3) is 0 Å². The van der Waals surface area contributed by atoms with Gasteiger partial charge in [-0.1, -0.05) is 23.7 Å². The lowest BCUT2D eigenvalue weighted by molar-refractivity contribution is 0.306. The Bertz CT molecular complexity index is 1390. The zero-order valence-electron chi connectivity index (χ0n) is 16.9. The quantitative estimate of drug-likeness (QED) is 0.323. The van der Waals surface area contributed by atoms with Gasteiger partial charge in [0.1, 0.15) is 30.3 Å². The van der Waals surface area contributed by atoms with Gasteiger partial charge in [0, 0.05) is 29.2 Å². The van der Waals surface area contributed by atoms with Crippen molar-refractivity contribution in [1.29, 1.82) is 0 Å². The lowest BCUT2D eigenvalue weighted by atomic mass is 10.2. The van der Waals surface area contributed by atoms with Crippen molar-refractivity contribution in [3.8, 4) is 11.4 Å². The normalized spacial score (nSPS) is 10.9. The van der Waals surface area contributed by atoms with Crippen molar-refractivity contribution in [2.24, 2.45) is 0 Å². The van der Waals surface area contributed by atoms with Crippen LogP contribution < -0.4 is 10.1 Å². The highest BCUT2D eigenvalue weighted by molar-refractivity contribution is 6.32. The lowest BCUT2D eigenvalue weighted by Crippen LogP contribution is -1.99. The second-order valence-corrected chi connectivity index (χ2v) is 7.61. The summed E-state index contributed by atoms with van der Waals surface area (Å²) in [5, 5.41) is 4.65. The minimum Gasteiger partial charge on any atom is -0.487 e. The Kier molecular flexibility index (Phi) is 5.44. The summed E-state index contributed by atoms with van der Waals surface area (Å²) in [6.45, 7) is 0.225. The molecule has 2 aromatic heterocycles. The smallest absolute Gasteiger partial charge is 0.141 e. The van der Waals surface area contributed by atoms with E-state index in [2.05, 4.69) is 15.3 Å². The highest BCUT2D eigenvalue weighted by atomic mass is 35.5. The zero-order chi connectivity index (χ0) is 21.9. The molecule has 0 amide bonds. The molecule has 0 saturated heterocycles. The molecule has 7 heteroatoms. The Balaban J connectivity index is 1.38. The van der Waals surface area contributed by atoms with Crippen molar-refractivity contribution in [3.05, 3.63) is 108 Å². The summed E-state index contributed by atoms with van der Waals surface area (Å²) in [6, 6.07) is 21.7. The summed E-state index contributed by atoms with van der Waals surface area (Å²) < 4.78 is 21.1. The van der Waals surface area contributed by atoms with Gasteiger partial charge in [-0.05, 0) is 66.2 Å². The number of hydrogen-bond donors (Lipinski definition) is 1. The molecule has 0 spiro atoms. The van der Waals surface area contributed by atoms with E-state index in [0.717, 1.165) is 27.8 Å². The first-order chi connectivity index (χ1) is 15.7. The standard InChI is InChI=1S/C25H18ClFN4O/c26-22-13-19(6-9-24(22)32-15-17-4-3-5-18(27)12-17)30-25-21-14-20(31-10-1-2-11-31)7-8-23(21)28-16-29-25/h1-14,16H,15H2,(H,28,29,30). The number of rotatable bonds is 6. The molecule has 0 saturated carbocycles. The molecule has 32 heavy (non-hydrogen) atoms. The average Bonchev–Trinajstić information content (AvgIpc) is 3.34. The van der Waals surface area contributed by atoms with Crippen LogP contribution in [-0.2, 0) is 6.61 Å². The molecular formula is C25H18ClFN4O. The lowest BCUT2D eigenvalue weighted by Gasteiger charge is -2.12. The number of benzene rings is 3. The van der Waals surface area contributed by atoms with Crippen molar-refractivity contribution in [2.45, 2.75) is 6.61 Å². The number of hydrogen-bond acceptors (Lipinski definition) is 4. The summed E-state index contributed by atoms with van der Waals surface area (Å²) in [7, 11) is 0. The summed E-state index contributed by atoms with van der Waals surface area (Å²) >= 11 is 6.43. The largest absolute Gasteiger partial charge is 0.487 e. The van der Waals surface area contributed by atoms with E-state index in [0.29, 0.717) is 16.6 Å². The third-order valence-corrected chi connectivity index (χ3v) is 5.29. The first-order valence-corrected chi connectivity index (χ1v) is 10.4. The molecule has 0 aliphatic rings. The molecule has 5 aromatic rings. The van der Waals surface area contributed by atoms with Gasteiger partial charge in [0.2, 0.25) is 0 Å². The van der Waals surface area contributed by atoms with E-state index in [4.69, 9.17) is 16.3 Å². The monoisotopic (exact) mass is 444 g/mol. The molecule has 3 aromatic carbocycles. The molecule has 5 nitrogen and oxygen atoms in total. The third-order valence-electron chi connectivity index (χ3n) is 5.00. The Morgan fingerprint density at radius 1 is 0.938 bits per heavy atom. The van der Waals surface area contributed by atoms with Crippen molar-refractivity contribution >= 4 is 34.0 Å². The first-order valence-electron chi connectivity index (χ1n) is 9.98. The topological polar surface area (TPSA) is 52.0 Å². The second kappa shape index (κ2) is 8.69. The van der Waals surface area contributed by atoms with Gasteiger partial charge in [0.15, 0.2) is 0 Å². The van der Waals surface area contributed by atoms with E-state index in [1.54, 1.807) is 24.3 Å². The summed E-state index contributed by atoms with van der Waals surface area (Å²) in [6.07, 6.45) is 5.50. The minimum atomic E-state index is -0.297. The van der Waals surface area contributed by atoms with Crippen LogP contribution in [-0.4, -0.2) is 14.5 Å². The third kappa shape index (κ3) is 4.26. The van der Waals surface area contributed by atoms with Crippen LogP contribution in [0.2, 0.25) is 5.02 Å². The number of nitrogens with zero attached hydrogens (tertiary/aromatic N) is 3. The van der Waals surface area contributed by atoms with E-state index in [9.17, 15) is 4.39 Å². The molecule has 2 heterocycles. The van der Waals surface area contributed by atoms with Gasteiger partial charge in [-0.3, -0.25) is 0 Å². The number of nitrogens with one attached hydrogen (secondary N) is 1. The van der Waals surface area contributed by atoms with Gasteiger partial charge in [-0.25, -0.2) is 14.4 Å². The molecule has 0 fully saturated rings. The van der Waals surface area contributed by atoms with Crippen molar-refractivity contribution in [1.82, 2.24) is 14.5 Å². The fraction of sp³-hybridized carbons (Fsp3) is 0.0400. The van der Waals surface area contributed by atoms with Crippen LogP contribution in [0.1, 0.15) is 5.56 Å². The molecule has 0 bridgehead atoms. The van der Waals surface area contributed by atoms with Gasteiger partial charge in [-0.2, -0.15) is 0 Å². The van der Waals surface area contributed by atoms with Crippen LogP contribution in [0.25, 0.3) is 16.6 Å². The summed E-state index contributed by atoms with van der Waals surface area (Å²) in [5.74, 6) is 0.895. The van der Waals surface area contributed by atoms with Crippen LogP contribution in [0.3, 0.4) is 0 Å². The maximum absolute atomic E-state index is 13.3. The maximum Gasteiger partial charge on any atom is 0.141 e. The van der Waals surface area contributed by atoms with Gasteiger partial charge in [-0.15, -0.1) is 0 Å². The number of halogens is 2. The molecule has 5 rings (SSSR count). The van der Waals surface area contributed by atoms with Crippen molar-refractivity contribution in [2.75, 3.05) is 5.32 Å². The SMILES string of the molecule is Fc1cccc(COc2ccc(Nc3ncnc4ccc(-n5cccc5)cc34)cc2Cl)c1. The fourth-order valence-corrected chi connectivity index (χ4v) is 3.67. The van der Waals surface area contributed by atoms with E-state index in [-0.39, 0.29) is 12.4 Å². The summed E-state index contributed by atoms with van der Waals surface area (Å²) in [5.41, 5.74) is 3.34. The molecule has 158 valence electrons. The van der Waals surface area contributed by atoms with Gasteiger partial charge >= 0.3 is 0 Å². The van der Waals surface area contributed by atoms with Crippen molar-refractivity contribution in [3.63, 3.8) is 0 Å². The second-order valence-electron chi connectivity index (χ2n) is 7.20. The van der Waals surface area contributed by atoms with E-state index in [1.807, 2.05) is 53.4 Å². The Hall–Kier alpha value is -3.90. The average molecular weight is 445 g/mol. The first kappa shape index (κ1) is 20.0. The Morgan fingerprint density at radius 2 is 1.81 bits per heavy atom. The molecule has 1 N–H and O–H groups in total. The fourth-order valence-electron chi connectivity index (χ4n) is 3.43. The number of anilines is 2. The Labute approximate surface area is 189 Å². The van der Waals surface area contributed by atoms with Gasteiger partial charge in [0.05, 0.1) is 10.5 Å². The number of ether oxygens (including phenoxy) is 1. The van der Waals surface area contributed by atoms with Crippen LogP contribution in [0, 0.1) is 5.82 Å². The van der Waals surface area contributed by atoms with Gasteiger partial charge < -0.3 is 14.6 Å². The number of aromatic nitrogens is 3. The highest BCUT2D eigenvalue weighted by Gasteiger charge is 2.09. The van der Waals surface area contributed by atoms with Crippen LogP contribution in [0.4, 0.5) is 15.9 Å². The molecule has 0 radical (unpaired) electrons. The molecule has 0 aliphatic carbocycles. The zero-order valence-corrected chi connectivity index (χ0v) is 17.6. The van der Waals surface area contributed by atoms with E-state index >= 15 is 0 Å². The van der Waals surface area contributed by atoms with E-state index < -0.39 is 0 Å². The highest BCUT2D eigenvalue weighted by Crippen LogP contribution is 2.31. The minimum absolute atomic E-state index is 0.225.